The highest BCUT2D eigenvalue weighted by Gasteiger charge is 2.66. The van der Waals surface area contributed by atoms with E-state index in [0.29, 0.717) is 53.2 Å². The van der Waals surface area contributed by atoms with E-state index in [-0.39, 0.29) is 40.4 Å². The Kier molecular flexibility index (Phi) is 12.8. The van der Waals surface area contributed by atoms with Gasteiger partial charge in [-0.25, -0.2) is 24.4 Å². The number of fused-ring (bicyclic) bond motifs is 1. The van der Waals surface area contributed by atoms with Crippen LogP contribution in [0.3, 0.4) is 0 Å². The average molecular weight is 913 g/mol. The lowest BCUT2D eigenvalue weighted by Gasteiger charge is -2.69. The quantitative estimate of drug-likeness (QED) is 0.0485. The molecule has 4 fully saturated rings. The van der Waals surface area contributed by atoms with Gasteiger partial charge in [0.15, 0.2) is 5.69 Å². The smallest absolute Gasteiger partial charge is 0.410 e. The van der Waals surface area contributed by atoms with E-state index in [9.17, 15) is 14.4 Å². The molecular formula is C50H72N6O8Si. The second-order valence-corrected chi connectivity index (χ2v) is 29.1. The van der Waals surface area contributed by atoms with Crippen LogP contribution in [0.15, 0.2) is 36.8 Å². The highest BCUT2D eigenvalue weighted by Crippen LogP contribution is 2.72. The molecule has 0 aromatic carbocycles. The fourth-order valence-corrected chi connectivity index (χ4v) is 12.5. The van der Waals surface area contributed by atoms with Crippen LogP contribution in [-0.2, 0) is 37.0 Å². The third-order valence-corrected chi connectivity index (χ3v) is 14.9. The molecule has 2 unspecified atom stereocenters. The second kappa shape index (κ2) is 17.2. The summed E-state index contributed by atoms with van der Waals surface area (Å²) in [5.74, 6) is -1.03. The van der Waals surface area contributed by atoms with Crippen molar-refractivity contribution in [1.82, 2.24) is 29.2 Å². The van der Waals surface area contributed by atoms with E-state index in [1.807, 2.05) is 70.5 Å². The third kappa shape index (κ3) is 10.8. The van der Waals surface area contributed by atoms with Gasteiger partial charge in [-0.05, 0) is 127 Å². The van der Waals surface area contributed by atoms with Gasteiger partial charge < -0.3 is 33.2 Å². The van der Waals surface area contributed by atoms with Gasteiger partial charge >= 0.3 is 18.0 Å². The van der Waals surface area contributed by atoms with Crippen molar-refractivity contribution in [2.75, 3.05) is 33.9 Å². The number of hydrogen-bond acceptors (Lipinski definition) is 11. The highest BCUT2D eigenvalue weighted by molar-refractivity contribution is 6.76. The van der Waals surface area contributed by atoms with Crippen molar-refractivity contribution in [2.45, 2.75) is 157 Å². The first-order valence-electron chi connectivity index (χ1n) is 23.1. The van der Waals surface area contributed by atoms with Crippen molar-refractivity contribution in [3.05, 3.63) is 53.7 Å². The van der Waals surface area contributed by atoms with Crippen molar-refractivity contribution >= 4 is 37.1 Å². The van der Waals surface area contributed by atoms with Crippen LogP contribution in [0.25, 0.3) is 33.4 Å². The SMILES string of the molecule is COC(=O)c1cn(COCC[Si](C)(C)C)c2ncc(-c3ccc(-c4cnn(CC56CC7(C)CC(C)(C5)CC(OCCN(C)C(=O)OC(C)(C)C)(C7)C6)c4C)c(C(=O)OC(C)(C)C)n3)cc12. The molecule has 354 valence electrons. The van der Waals surface area contributed by atoms with Crippen LogP contribution >= 0.6 is 0 Å². The fraction of sp³-hybridized carbons (Fsp3) is 0.640. The first kappa shape index (κ1) is 48.3. The summed E-state index contributed by atoms with van der Waals surface area (Å²) >= 11 is 0. The maximum Gasteiger partial charge on any atom is 0.410 e. The lowest BCUT2D eigenvalue weighted by molar-refractivity contribution is -0.248. The van der Waals surface area contributed by atoms with Gasteiger partial charge in [-0.1, -0.05) is 33.5 Å². The molecule has 2 atom stereocenters. The number of hydrogen-bond donors (Lipinski definition) is 0. The van der Waals surface area contributed by atoms with Crippen LogP contribution in [0, 0.1) is 23.2 Å². The van der Waals surface area contributed by atoms with Gasteiger partial charge in [-0.15, -0.1) is 0 Å². The molecule has 4 aliphatic rings. The van der Waals surface area contributed by atoms with Gasteiger partial charge in [0.25, 0.3) is 0 Å². The van der Waals surface area contributed by atoms with Crippen molar-refractivity contribution in [1.29, 1.82) is 0 Å². The summed E-state index contributed by atoms with van der Waals surface area (Å²) < 4.78 is 33.6. The maximum atomic E-state index is 14.1. The van der Waals surface area contributed by atoms with Gasteiger partial charge in [0.1, 0.15) is 23.6 Å². The van der Waals surface area contributed by atoms with E-state index in [4.69, 9.17) is 38.8 Å². The molecule has 8 rings (SSSR count). The first-order valence-corrected chi connectivity index (χ1v) is 26.8. The van der Waals surface area contributed by atoms with Gasteiger partial charge in [-0.3, -0.25) is 4.68 Å². The van der Waals surface area contributed by atoms with Crippen molar-refractivity contribution < 1.29 is 38.1 Å². The number of rotatable bonds is 15. The number of carbonyl (C=O) groups is 3. The van der Waals surface area contributed by atoms with Gasteiger partial charge in [0.05, 0.1) is 36.8 Å². The summed E-state index contributed by atoms with van der Waals surface area (Å²) in [4.78, 5) is 51.3. The summed E-state index contributed by atoms with van der Waals surface area (Å²) in [6.45, 7) is 27.4. The number of esters is 2. The molecule has 4 saturated carbocycles. The molecule has 0 radical (unpaired) electrons. The molecule has 15 heteroatoms. The molecule has 4 aliphatic carbocycles. The molecule has 4 aromatic rings. The Morgan fingerprint density at radius 2 is 1.54 bits per heavy atom. The zero-order valence-electron chi connectivity index (χ0n) is 41.4. The molecular weight excluding hydrogens is 841 g/mol. The topological polar surface area (TPSA) is 149 Å². The van der Waals surface area contributed by atoms with Crippen LogP contribution in [0.5, 0.6) is 0 Å². The molecule has 0 N–H and O–H groups in total. The Morgan fingerprint density at radius 1 is 0.862 bits per heavy atom. The van der Waals surface area contributed by atoms with E-state index in [1.165, 1.54) is 7.11 Å². The molecule has 0 spiro atoms. The van der Waals surface area contributed by atoms with E-state index in [0.717, 1.165) is 62.4 Å². The van der Waals surface area contributed by atoms with Crippen LogP contribution < -0.4 is 0 Å². The first-order chi connectivity index (χ1) is 30.1. The Balaban J connectivity index is 1.17. The number of likely N-dealkylation sites (N-methyl/N-ethyl adjacent to an activating group) is 1. The van der Waals surface area contributed by atoms with Crippen LogP contribution in [0.2, 0.25) is 25.7 Å². The van der Waals surface area contributed by atoms with Crippen molar-refractivity contribution in [3.63, 3.8) is 0 Å². The number of aromatic nitrogens is 5. The number of ether oxygens (including phenoxy) is 5. The van der Waals surface area contributed by atoms with E-state index >= 15 is 0 Å². The minimum Gasteiger partial charge on any atom is -0.465 e. The van der Waals surface area contributed by atoms with Crippen LogP contribution in [0.4, 0.5) is 4.79 Å². The lowest BCUT2D eigenvalue weighted by atomic mass is 9.39. The van der Waals surface area contributed by atoms with Crippen molar-refractivity contribution in [2.24, 2.45) is 16.2 Å². The monoisotopic (exact) mass is 913 g/mol. The summed E-state index contributed by atoms with van der Waals surface area (Å²) in [6, 6.07) is 6.66. The summed E-state index contributed by atoms with van der Waals surface area (Å²) in [6.07, 6.45) is 11.2. The van der Waals surface area contributed by atoms with Crippen LogP contribution in [-0.4, -0.2) is 106 Å². The molecule has 4 bridgehead atoms. The standard InChI is InChI=1S/C50H72N6O8Si/c1-33-37(23-52-56(33)31-49-26-47(8)25-48(9,27-49)29-50(28-47,30-49)62-18-17-54(10)44(59)64-46(5,6)7)35-15-16-39(53-40(35)43(58)63-45(2,3)4)34-21-36-38(42(57)60-11)24-55(41(36)51-22-34)32-61-19-20-65(12,13)14/h15-16,21-24H,17-20,25-32H2,1-14H3. The maximum absolute atomic E-state index is 14.1. The number of pyridine rings is 2. The van der Waals surface area contributed by atoms with E-state index in [2.05, 4.69) is 45.1 Å². The zero-order chi connectivity index (χ0) is 47.5. The number of carbonyl (C=O) groups excluding carboxylic acids is 3. The van der Waals surface area contributed by atoms with E-state index in [1.54, 1.807) is 24.3 Å². The Bertz CT molecular complexity index is 2440. The molecule has 14 nitrogen and oxygen atoms in total. The molecule has 1 amide bonds. The summed E-state index contributed by atoms with van der Waals surface area (Å²) in [5.41, 5.74) is 3.16. The number of methoxy groups -OCH3 is 1. The molecule has 0 saturated heterocycles. The second-order valence-electron chi connectivity index (χ2n) is 23.5. The lowest BCUT2D eigenvalue weighted by Crippen LogP contribution is -2.64. The molecule has 0 aliphatic heterocycles. The predicted molar refractivity (Wildman–Crippen MR) is 253 cm³/mol. The molecule has 4 heterocycles. The minimum atomic E-state index is -1.29. The Morgan fingerprint density at radius 3 is 2.17 bits per heavy atom. The number of nitrogens with zero attached hydrogens (tertiary/aromatic N) is 6. The predicted octanol–water partition coefficient (Wildman–Crippen LogP) is 10.3. The highest BCUT2D eigenvalue weighted by atomic mass is 28.3. The summed E-state index contributed by atoms with van der Waals surface area (Å²) in [5, 5.41) is 5.60. The largest absolute Gasteiger partial charge is 0.465 e. The zero-order valence-corrected chi connectivity index (χ0v) is 42.4. The molecule has 4 aromatic heterocycles. The fourth-order valence-electron chi connectivity index (χ4n) is 11.7. The average Bonchev–Trinajstić information content (AvgIpc) is 3.71. The Labute approximate surface area is 386 Å². The van der Waals surface area contributed by atoms with Gasteiger partial charge in [0, 0.05) is 75.0 Å². The van der Waals surface area contributed by atoms with Gasteiger partial charge in [0.2, 0.25) is 0 Å². The van der Waals surface area contributed by atoms with Gasteiger partial charge in [-0.2, -0.15) is 5.10 Å². The van der Waals surface area contributed by atoms with Crippen molar-refractivity contribution in [3.8, 4) is 22.4 Å². The molecule has 65 heavy (non-hydrogen) atoms. The minimum absolute atomic E-state index is 0.0484. The normalized spacial score (nSPS) is 24.1. The summed E-state index contributed by atoms with van der Waals surface area (Å²) in [7, 11) is 1.84. The number of amides is 1. The van der Waals surface area contributed by atoms with E-state index < -0.39 is 31.2 Å². The Hall–Kier alpha value is -4.60. The van der Waals surface area contributed by atoms with Crippen LogP contribution in [0.1, 0.15) is 120 Å². The third-order valence-electron chi connectivity index (χ3n) is 13.2.